The number of benzene rings is 2. The number of carbonyl (C=O) groups excluding carboxylic acids is 1. The number of rotatable bonds is 11. The predicted octanol–water partition coefficient (Wildman–Crippen LogP) is 2.34. The Balaban J connectivity index is 2.34. The highest BCUT2D eigenvalue weighted by Crippen LogP contribution is 2.23. The van der Waals surface area contributed by atoms with Gasteiger partial charge in [-0.05, 0) is 42.8 Å². The van der Waals surface area contributed by atoms with Crippen LogP contribution in [0, 0.1) is 22.5 Å². The minimum Gasteiger partial charge on any atom is -0.396 e. The van der Waals surface area contributed by atoms with Crippen molar-refractivity contribution >= 4 is 29.7 Å². The zero-order valence-electron chi connectivity index (χ0n) is 17.4. The molecule has 0 fully saturated rings. The molecule has 0 saturated carbocycles. The monoisotopic (exact) mass is 460 g/mol. The molecule has 1 unspecified atom stereocenters. The van der Waals surface area contributed by atoms with Gasteiger partial charge in [0, 0.05) is 18.4 Å². The molecule has 0 spiro atoms. The fraction of sp³-hybridized carbons (Fsp3) is 0.182. The number of aliphatic hydroxyl groups excluding tert-OH is 1. The van der Waals surface area contributed by atoms with Crippen molar-refractivity contribution in [3.8, 4) is 0 Å². The van der Waals surface area contributed by atoms with Gasteiger partial charge in [0.25, 0.3) is 5.91 Å². The topological polar surface area (TPSA) is 147 Å². The van der Waals surface area contributed by atoms with Gasteiger partial charge in [0.15, 0.2) is 5.83 Å². The van der Waals surface area contributed by atoms with Gasteiger partial charge in [0.1, 0.15) is 17.3 Å². The van der Waals surface area contributed by atoms with Crippen LogP contribution in [0.5, 0.6) is 0 Å². The number of hydrogen-bond acceptors (Lipinski definition) is 7. The van der Waals surface area contributed by atoms with E-state index >= 15 is 0 Å². The molecule has 0 aliphatic rings. The van der Waals surface area contributed by atoms with E-state index in [4.69, 9.17) is 16.6 Å². The van der Waals surface area contributed by atoms with E-state index < -0.39 is 46.4 Å². The van der Waals surface area contributed by atoms with Gasteiger partial charge >= 0.3 is 0 Å². The van der Waals surface area contributed by atoms with Crippen LogP contribution in [-0.2, 0) is 0 Å². The number of aliphatic hydroxyl groups is 1. The van der Waals surface area contributed by atoms with Crippen LogP contribution in [0.25, 0.3) is 5.70 Å². The molecule has 174 valence electrons. The molecule has 0 heterocycles. The Morgan fingerprint density at radius 2 is 1.91 bits per heavy atom. The first-order valence-electron chi connectivity index (χ1n) is 9.75. The molecule has 7 N–H and O–H groups in total. The molecule has 1 atom stereocenters. The lowest BCUT2D eigenvalue weighted by Crippen LogP contribution is -2.42. The van der Waals surface area contributed by atoms with Crippen LogP contribution < -0.4 is 16.5 Å². The fourth-order valence-corrected chi connectivity index (χ4v) is 2.87. The summed E-state index contributed by atoms with van der Waals surface area (Å²) in [5.41, 5.74) is 6.06. The number of halogens is 3. The van der Waals surface area contributed by atoms with Crippen molar-refractivity contribution in [3.63, 3.8) is 0 Å². The number of nitrogens with zero attached hydrogens (tertiary/aromatic N) is 1. The lowest BCUT2D eigenvalue weighted by molar-refractivity contribution is 0.0929. The van der Waals surface area contributed by atoms with Crippen molar-refractivity contribution in [1.82, 2.24) is 10.7 Å². The normalized spacial score (nSPS) is 12.7. The number of amides is 1. The van der Waals surface area contributed by atoms with Gasteiger partial charge in [0.05, 0.1) is 35.6 Å². The first-order valence-corrected chi connectivity index (χ1v) is 9.75. The lowest BCUT2D eigenvalue weighted by atomic mass is 9.98. The zero-order valence-corrected chi connectivity index (χ0v) is 17.4. The maximum absolute atomic E-state index is 15.0. The van der Waals surface area contributed by atoms with Crippen molar-refractivity contribution in [2.75, 3.05) is 13.2 Å². The van der Waals surface area contributed by atoms with Crippen molar-refractivity contribution in [2.45, 2.75) is 12.5 Å². The van der Waals surface area contributed by atoms with Crippen LogP contribution in [0.15, 0.2) is 53.4 Å². The van der Waals surface area contributed by atoms with Crippen molar-refractivity contribution < 1.29 is 23.1 Å². The van der Waals surface area contributed by atoms with Crippen LogP contribution in [0.2, 0.25) is 0 Å². The Kier molecular flexibility index (Phi) is 9.30. The molecule has 2 aromatic rings. The Bertz CT molecular complexity index is 1070. The van der Waals surface area contributed by atoms with Crippen LogP contribution in [0.3, 0.4) is 0 Å². The standard InChI is InChI=1S/C22H23F3N6O2/c23-14-6-4-13(5-7-14)20(27)19(25)21(28)18-16(2-1-3-17(18)24)22(33)31-15(8-11-32)12-30-29-10-9-26/h1-7,9-10,15,26,28,30,32H,8,11-12,27H2,(H,31,33)/b20-19+,26-9?,28-21?,29-10-. The van der Waals surface area contributed by atoms with Gasteiger partial charge in [-0.1, -0.05) is 6.07 Å². The van der Waals surface area contributed by atoms with E-state index in [2.05, 4.69) is 15.8 Å². The second kappa shape index (κ2) is 12.2. The van der Waals surface area contributed by atoms with Crippen molar-refractivity contribution in [3.05, 3.63) is 76.6 Å². The van der Waals surface area contributed by atoms with Crippen LogP contribution in [0.1, 0.15) is 27.9 Å². The minimum atomic E-state index is -1.28. The van der Waals surface area contributed by atoms with Gasteiger partial charge < -0.3 is 27.0 Å². The number of nitrogens with one attached hydrogen (secondary N) is 4. The van der Waals surface area contributed by atoms with E-state index in [1.165, 1.54) is 30.5 Å². The number of carbonyl (C=O) groups is 1. The highest BCUT2D eigenvalue weighted by Gasteiger charge is 2.24. The Morgan fingerprint density at radius 1 is 1.21 bits per heavy atom. The van der Waals surface area contributed by atoms with Gasteiger partial charge in [-0.2, -0.15) is 5.10 Å². The van der Waals surface area contributed by atoms with E-state index in [0.29, 0.717) is 0 Å². The average molecular weight is 460 g/mol. The first-order chi connectivity index (χ1) is 15.8. The lowest BCUT2D eigenvalue weighted by Gasteiger charge is -2.19. The summed E-state index contributed by atoms with van der Waals surface area (Å²) in [4.78, 5) is 12.8. The van der Waals surface area contributed by atoms with Crippen LogP contribution in [-0.4, -0.2) is 48.3 Å². The number of nitrogens with two attached hydrogens (primary N) is 1. The molecule has 0 radical (unpaired) electrons. The third-order valence-corrected chi connectivity index (χ3v) is 4.51. The maximum Gasteiger partial charge on any atom is 0.252 e. The highest BCUT2D eigenvalue weighted by atomic mass is 19.1. The fourth-order valence-electron chi connectivity index (χ4n) is 2.87. The molecular formula is C22H23F3N6O2. The van der Waals surface area contributed by atoms with E-state index in [1.807, 2.05) is 0 Å². The summed E-state index contributed by atoms with van der Waals surface area (Å²) in [5, 5.41) is 30.5. The quantitative estimate of drug-likeness (QED) is 0.226. The average Bonchev–Trinajstić information content (AvgIpc) is 2.80. The number of allylic oxidation sites excluding steroid dienone is 1. The summed E-state index contributed by atoms with van der Waals surface area (Å²) in [6.45, 7) is -0.178. The molecular weight excluding hydrogens is 437 g/mol. The van der Waals surface area contributed by atoms with Crippen LogP contribution in [0.4, 0.5) is 13.2 Å². The Hall–Kier alpha value is -3.99. The van der Waals surface area contributed by atoms with Crippen molar-refractivity contribution in [2.24, 2.45) is 10.8 Å². The largest absolute Gasteiger partial charge is 0.396 e. The van der Waals surface area contributed by atoms with E-state index in [1.54, 1.807) is 0 Å². The molecule has 0 bridgehead atoms. The molecule has 33 heavy (non-hydrogen) atoms. The molecule has 1 amide bonds. The highest BCUT2D eigenvalue weighted by molar-refractivity contribution is 6.18. The second-order valence-electron chi connectivity index (χ2n) is 6.76. The van der Waals surface area contributed by atoms with Crippen molar-refractivity contribution in [1.29, 1.82) is 10.8 Å². The molecule has 0 aliphatic carbocycles. The summed E-state index contributed by atoms with van der Waals surface area (Å²) in [6, 6.07) is 7.33. The van der Waals surface area contributed by atoms with E-state index in [0.717, 1.165) is 24.4 Å². The smallest absolute Gasteiger partial charge is 0.252 e. The van der Waals surface area contributed by atoms with Gasteiger partial charge in [-0.25, -0.2) is 13.2 Å². The minimum absolute atomic E-state index is 0.0838. The third-order valence-electron chi connectivity index (χ3n) is 4.51. The SMILES string of the molecule is N=C/C=N\NCC(CCO)NC(=O)c1cccc(F)c1C(=N)/C(F)=C(\N)c1ccc(F)cc1. The van der Waals surface area contributed by atoms with Gasteiger partial charge in [-0.3, -0.25) is 10.2 Å². The molecule has 2 rings (SSSR count). The number of hydrazone groups is 1. The molecule has 8 nitrogen and oxygen atoms in total. The van der Waals surface area contributed by atoms with Crippen LogP contribution >= 0.6 is 0 Å². The number of hydrogen-bond donors (Lipinski definition) is 6. The maximum atomic E-state index is 15.0. The third kappa shape index (κ3) is 6.74. The summed E-state index contributed by atoms with van der Waals surface area (Å²) < 4.78 is 42.7. The molecule has 2 aromatic carbocycles. The summed E-state index contributed by atoms with van der Waals surface area (Å²) >= 11 is 0. The zero-order chi connectivity index (χ0) is 24.4. The van der Waals surface area contributed by atoms with E-state index in [-0.39, 0.29) is 30.7 Å². The molecule has 0 aromatic heterocycles. The molecule has 11 heteroatoms. The van der Waals surface area contributed by atoms with Gasteiger partial charge in [0.2, 0.25) is 0 Å². The summed E-state index contributed by atoms with van der Waals surface area (Å²) in [5.74, 6) is -3.67. The Morgan fingerprint density at radius 3 is 2.55 bits per heavy atom. The first kappa shape index (κ1) is 25.3. The summed E-state index contributed by atoms with van der Waals surface area (Å²) in [6.07, 6.45) is 2.24. The second-order valence-corrected chi connectivity index (χ2v) is 6.76. The molecule has 0 saturated heterocycles. The molecule has 0 aliphatic heterocycles. The predicted molar refractivity (Wildman–Crippen MR) is 120 cm³/mol. The Labute approximate surface area is 188 Å². The van der Waals surface area contributed by atoms with E-state index in [9.17, 15) is 23.1 Å². The summed E-state index contributed by atoms with van der Waals surface area (Å²) in [7, 11) is 0. The van der Waals surface area contributed by atoms with Gasteiger partial charge in [-0.15, -0.1) is 0 Å².